The Morgan fingerprint density at radius 1 is 0.885 bits per heavy atom. The molecule has 0 saturated carbocycles. The molecule has 26 heavy (non-hydrogen) atoms. The zero-order valence-electron chi connectivity index (χ0n) is 14.2. The highest BCUT2D eigenvalue weighted by Gasteiger charge is 2.33. The summed E-state index contributed by atoms with van der Waals surface area (Å²) in [6.07, 6.45) is 1.16. The molecule has 0 saturated heterocycles. The molecule has 4 heteroatoms. The van der Waals surface area contributed by atoms with Gasteiger partial charge in [0.25, 0.3) is 0 Å². The van der Waals surface area contributed by atoms with Gasteiger partial charge < -0.3 is 0 Å². The molecule has 0 spiro atoms. The summed E-state index contributed by atoms with van der Waals surface area (Å²) >= 11 is 0. The number of aromatic nitrogens is 1. The van der Waals surface area contributed by atoms with Gasteiger partial charge in [0.15, 0.2) is 0 Å². The molecule has 1 unspecified atom stereocenters. The van der Waals surface area contributed by atoms with Gasteiger partial charge in [-0.1, -0.05) is 73.7 Å². The minimum atomic E-state index is -4.39. The number of nitrogens with zero attached hydrogens (tertiary/aromatic N) is 1. The predicted octanol–water partition coefficient (Wildman–Crippen LogP) is 6.58. The Morgan fingerprint density at radius 3 is 2.23 bits per heavy atom. The molecule has 0 fully saturated rings. The third-order valence-electron chi connectivity index (χ3n) is 4.17. The third kappa shape index (κ3) is 4.20. The van der Waals surface area contributed by atoms with Crippen molar-refractivity contribution < 1.29 is 13.2 Å². The van der Waals surface area contributed by atoms with Crippen LogP contribution in [0.15, 0.2) is 79.0 Å². The number of hydrogen-bond donors (Lipinski definition) is 0. The lowest BCUT2D eigenvalue weighted by Gasteiger charge is -2.13. The summed E-state index contributed by atoms with van der Waals surface area (Å²) in [5.41, 5.74) is 1.86. The van der Waals surface area contributed by atoms with Crippen molar-refractivity contribution in [1.29, 1.82) is 0 Å². The molecule has 1 nitrogen and oxygen atoms in total. The summed E-state index contributed by atoms with van der Waals surface area (Å²) < 4.78 is 39.5. The van der Waals surface area contributed by atoms with Gasteiger partial charge >= 0.3 is 6.18 Å². The molecule has 1 atom stereocenters. The van der Waals surface area contributed by atoms with Gasteiger partial charge in [-0.05, 0) is 23.3 Å². The first kappa shape index (κ1) is 17.9. The normalized spacial score (nSPS) is 13.1. The van der Waals surface area contributed by atoms with E-state index in [2.05, 4.69) is 4.98 Å². The summed E-state index contributed by atoms with van der Waals surface area (Å²) in [4.78, 5) is 4.37. The van der Waals surface area contributed by atoms with Crippen molar-refractivity contribution in [2.75, 3.05) is 0 Å². The minimum absolute atomic E-state index is 0.0575. The van der Waals surface area contributed by atoms with Crippen molar-refractivity contribution in [1.82, 2.24) is 4.98 Å². The van der Waals surface area contributed by atoms with E-state index >= 15 is 0 Å². The second-order valence-corrected chi connectivity index (χ2v) is 6.07. The van der Waals surface area contributed by atoms with Gasteiger partial charge in [-0.3, -0.25) is 4.98 Å². The summed E-state index contributed by atoms with van der Waals surface area (Å²) in [6.45, 7) is 2.01. The highest BCUT2D eigenvalue weighted by Crippen LogP contribution is 2.36. The molecule has 0 radical (unpaired) electrons. The lowest BCUT2D eigenvalue weighted by Crippen LogP contribution is -2.07. The number of allylic oxidation sites excluding steroid dienone is 1. The third-order valence-corrected chi connectivity index (χ3v) is 4.17. The first-order chi connectivity index (χ1) is 12.4. The molecule has 3 rings (SSSR count). The Labute approximate surface area is 150 Å². The van der Waals surface area contributed by atoms with E-state index in [1.165, 1.54) is 18.3 Å². The summed E-state index contributed by atoms with van der Waals surface area (Å²) in [7, 11) is 0. The van der Waals surface area contributed by atoms with Crippen molar-refractivity contribution in [2.45, 2.75) is 19.0 Å². The number of rotatable bonds is 4. The van der Waals surface area contributed by atoms with Crippen molar-refractivity contribution in [3.63, 3.8) is 0 Å². The van der Waals surface area contributed by atoms with Crippen LogP contribution in [0.25, 0.3) is 17.2 Å². The number of alkyl halides is 3. The maximum absolute atomic E-state index is 13.2. The van der Waals surface area contributed by atoms with Crippen LogP contribution in [0.4, 0.5) is 13.2 Å². The SMILES string of the molecule is CC(C=Cc1ccccc1)c1ccc(-c2ccccc2C(F)(F)F)cn1. The van der Waals surface area contributed by atoms with E-state index in [9.17, 15) is 13.2 Å². The first-order valence-electron chi connectivity index (χ1n) is 8.31. The summed E-state index contributed by atoms with van der Waals surface area (Å²) in [5.74, 6) is 0.0575. The molecule has 3 aromatic rings. The zero-order valence-corrected chi connectivity index (χ0v) is 14.2. The quantitative estimate of drug-likeness (QED) is 0.516. The average Bonchev–Trinajstić information content (AvgIpc) is 2.66. The lowest BCUT2D eigenvalue weighted by molar-refractivity contribution is -0.137. The van der Waals surface area contributed by atoms with E-state index in [0.29, 0.717) is 5.56 Å². The van der Waals surface area contributed by atoms with Crippen molar-refractivity contribution in [3.8, 4) is 11.1 Å². The fraction of sp³-hybridized carbons (Fsp3) is 0.136. The van der Waals surface area contributed by atoms with Gasteiger partial charge in [0.1, 0.15) is 0 Å². The smallest absolute Gasteiger partial charge is 0.260 e. The molecule has 2 aromatic carbocycles. The van der Waals surface area contributed by atoms with Crippen LogP contribution < -0.4 is 0 Å². The number of benzene rings is 2. The topological polar surface area (TPSA) is 12.9 Å². The van der Waals surface area contributed by atoms with Crippen LogP contribution in [0, 0.1) is 0 Å². The van der Waals surface area contributed by atoms with Crippen LogP contribution in [-0.2, 0) is 6.18 Å². The van der Waals surface area contributed by atoms with E-state index in [-0.39, 0.29) is 11.5 Å². The maximum Gasteiger partial charge on any atom is 0.417 e. The Balaban J connectivity index is 1.82. The Kier molecular flexibility index (Phi) is 5.21. The van der Waals surface area contributed by atoms with Gasteiger partial charge in [0, 0.05) is 23.4 Å². The van der Waals surface area contributed by atoms with Crippen LogP contribution in [0.5, 0.6) is 0 Å². The Bertz CT molecular complexity index is 881. The van der Waals surface area contributed by atoms with Gasteiger partial charge in [-0.25, -0.2) is 0 Å². The van der Waals surface area contributed by atoms with Gasteiger partial charge in [0.2, 0.25) is 0 Å². The molecular formula is C22H18F3N. The van der Waals surface area contributed by atoms with E-state index in [4.69, 9.17) is 0 Å². The Morgan fingerprint density at radius 2 is 1.58 bits per heavy atom. The monoisotopic (exact) mass is 353 g/mol. The molecule has 0 bridgehead atoms. The standard InChI is InChI=1S/C22H18F3N/c1-16(11-12-17-7-3-2-4-8-17)21-14-13-18(15-26-21)19-9-5-6-10-20(19)22(23,24)25/h2-16H,1H3. The average molecular weight is 353 g/mol. The highest BCUT2D eigenvalue weighted by molar-refractivity contribution is 5.67. The molecular weight excluding hydrogens is 335 g/mol. The van der Waals surface area contributed by atoms with Crippen molar-refractivity contribution in [2.24, 2.45) is 0 Å². The van der Waals surface area contributed by atoms with Crippen LogP contribution in [0.1, 0.15) is 29.7 Å². The van der Waals surface area contributed by atoms with E-state index in [1.54, 1.807) is 18.2 Å². The van der Waals surface area contributed by atoms with E-state index < -0.39 is 11.7 Å². The van der Waals surface area contributed by atoms with Crippen molar-refractivity contribution in [3.05, 3.63) is 95.8 Å². The second kappa shape index (κ2) is 7.56. The molecule has 132 valence electrons. The van der Waals surface area contributed by atoms with Gasteiger partial charge in [0.05, 0.1) is 5.56 Å². The van der Waals surface area contributed by atoms with Crippen molar-refractivity contribution >= 4 is 6.08 Å². The maximum atomic E-state index is 13.2. The van der Waals surface area contributed by atoms with Gasteiger partial charge in [-0.2, -0.15) is 13.2 Å². The number of hydrogen-bond acceptors (Lipinski definition) is 1. The fourth-order valence-corrected chi connectivity index (χ4v) is 2.73. The molecule has 0 amide bonds. The first-order valence-corrected chi connectivity index (χ1v) is 8.31. The van der Waals surface area contributed by atoms with Crippen LogP contribution in [-0.4, -0.2) is 4.98 Å². The van der Waals surface area contributed by atoms with E-state index in [1.807, 2.05) is 49.4 Å². The Hall–Kier alpha value is -2.88. The summed E-state index contributed by atoms with van der Waals surface area (Å²) in [5, 5.41) is 0. The minimum Gasteiger partial charge on any atom is -0.260 e. The van der Waals surface area contributed by atoms with E-state index in [0.717, 1.165) is 17.3 Å². The molecule has 1 aromatic heterocycles. The predicted molar refractivity (Wildman–Crippen MR) is 98.6 cm³/mol. The fourth-order valence-electron chi connectivity index (χ4n) is 2.73. The highest BCUT2D eigenvalue weighted by atomic mass is 19.4. The summed E-state index contributed by atoms with van der Waals surface area (Å²) in [6, 6.07) is 18.9. The molecule has 1 heterocycles. The molecule has 0 N–H and O–H groups in total. The molecule has 0 aliphatic heterocycles. The molecule has 0 aliphatic carbocycles. The number of pyridine rings is 1. The van der Waals surface area contributed by atoms with Crippen LogP contribution in [0.2, 0.25) is 0 Å². The number of halogens is 3. The van der Waals surface area contributed by atoms with Crippen LogP contribution >= 0.6 is 0 Å². The van der Waals surface area contributed by atoms with Crippen LogP contribution in [0.3, 0.4) is 0 Å². The lowest BCUT2D eigenvalue weighted by atomic mass is 9.99. The second-order valence-electron chi connectivity index (χ2n) is 6.07. The molecule has 0 aliphatic rings. The largest absolute Gasteiger partial charge is 0.417 e. The van der Waals surface area contributed by atoms with Gasteiger partial charge in [-0.15, -0.1) is 0 Å². The zero-order chi connectivity index (χ0) is 18.6.